The normalized spacial score (nSPS) is 12.7. The van der Waals surface area contributed by atoms with Crippen molar-refractivity contribution in [2.24, 2.45) is 0 Å². The van der Waals surface area contributed by atoms with Crippen LogP contribution in [0, 0.1) is 0 Å². The van der Waals surface area contributed by atoms with Gasteiger partial charge >= 0.3 is 0 Å². The van der Waals surface area contributed by atoms with Crippen molar-refractivity contribution in [3.8, 4) is 5.75 Å². The van der Waals surface area contributed by atoms with Gasteiger partial charge in [0.15, 0.2) is 0 Å². The second-order valence-electron chi connectivity index (χ2n) is 5.05. The van der Waals surface area contributed by atoms with Gasteiger partial charge in [0.25, 0.3) is 0 Å². The second-order valence-corrected chi connectivity index (χ2v) is 5.90. The van der Waals surface area contributed by atoms with Crippen molar-refractivity contribution in [2.75, 3.05) is 13.7 Å². The molecule has 0 spiro atoms. The lowest BCUT2D eigenvalue weighted by Gasteiger charge is -2.28. The molecule has 0 saturated carbocycles. The standard InChI is InChI=1S/C16H26BrNO/c1-5-7-10-18(13(3)6-2)12-14-8-9-16(19-4)15(17)11-14/h8-9,11,13H,5-7,10,12H2,1-4H3. The maximum absolute atomic E-state index is 5.28. The Labute approximate surface area is 126 Å². The zero-order chi connectivity index (χ0) is 14.3. The molecule has 1 rings (SSSR count). The molecular formula is C16H26BrNO. The van der Waals surface area contributed by atoms with E-state index >= 15 is 0 Å². The topological polar surface area (TPSA) is 12.5 Å². The number of hydrogen-bond acceptors (Lipinski definition) is 2. The number of rotatable bonds is 8. The van der Waals surface area contributed by atoms with Crippen LogP contribution in [0.3, 0.4) is 0 Å². The Morgan fingerprint density at radius 2 is 2.05 bits per heavy atom. The summed E-state index contributed by atoms with van der Waals surface area (Å²) in [7, 11) is 1.70. The molecule has 1 atom stereocenters. The summed E-state index contributed by atoms with van der Waals surface area (Å²) in [6, 6.07) is 6.99. The van der Waals surface area contributed by atoms with Gasteiger partial charge in [-0.1, -0.05) is 26.3 Å². The molecule has 1 aromatic rings. The fraction of sp³-hybridized carbons (Fsp3) is 0.625. The number of methoxy groups -OCH3 is 1. The Bertz CT molecular complexity index is 381. The lowest BCUT2D eigenvalue weighted by atomic mass is 10.1. The number of ether oxygens (including phenoxy) is 1. The van der Waals surface area contributed by atoms with Crippen LogP contribution in [0.5, 0.6) is 5.75 Å². The van der Waals surface area contributed by atoms with Gasteiger partial charge in [-0.3, -0.25) is 4.90 Å². The molecule has 0 bridgehead atoms. The molecule has 0 aliphatic heterocycles. The van der Waals surface area contributed by atoms with Crippen LogP contribution in [0.1, 0.15) is 45.6 Å². The predicted molar refractivity (Wildman–Crippen MR) is 85.8 cm³/mol. The van der Waals surface area contributed by atoms with Crippen LogP contribution in [0.4, 0.5) is 0 Å². The van der Waals surface area contributed by atoms with Gasteiger partial charge in [0.2, 0.25) is 0 Å². The van der Waals surface area contributed by atoms with Crippen LogP contribution in [0.15, 0.2) is 22.7 Å². The molecule has 0 saturated heterocycles. The molecule has 1 aromatic carbocycles. The third-order valence-corrected chi connectivity index (χ3v) is 4.23. The first-order valence-electron chi connectivity index (χ1n) is 7.18. The summed E-state index contributed by atoms with van der Waals surface area (Å²) in [5.41, 5.74) is 1.34. The molecule has 0 radical (unpaired) electrons. The van der Waals surface area contributed by atoms with Gasteiger partial charge in [0, 0.05) is 12.6 Å². The van der Waals surface area contributed by atoms with Gasteiger partial charge in [0.05, 0.1) is 11.6 Å². The molecule has 3 heteroatoms. The van der Waals surface area contributed by atoms with E-state index in [9.17, 15) is 0 Å². The fourth-order valence-corrected chi connectivity index (χ4v) is 2.71. The Morgan fingerprint density at radius 1 is 1.32 bits per heavy atom. The van der Waals surface area contributed by atoms with E-state index in [0.717, 1.165) is 16.8 Å². The first-order chi connectivity index (χ1) is 9.12. The van der Waals surface area contributed by atoms with Crippen LogP contribution < -0.4 is 4.74 Å². The van der Waals surface area contributed by atoms with Crippen molar-refractivity contribution < 1.29 is 4.74 Å². The third kappa shape index (κ3) is 5.15. The highest BCUT2D eigenvalue weighted by molar-refractivity contribution is 9.10. The monoisotopic (exact) mass is 327 g/mol. The molecule has 0 fully saturated rings. The molecule has 108 valence electrons. The maximum atomic E-state index is 5.28. The van der Waals surface area contributed by atoms with Gasteiger partial charge in [0.1, 0.15) is 5.75 Å². The predicted octanol–water partition coefficient (Wildman–Crippen LogP) is 4.86. The summed E-state index contributed by atoms with van der Waals surface area (Å²) in [4.78, 5) is 2.57. The quantitative estimate of drug-likeness (QED) is 0.676. The SMILES string of the molecule is CCCCN(Cc1ccc(OC)c(Br)c1)C(C)CC. The number of hydrogen-bond donors (Lipinski definition) is 0. The number of nitrogens with zero attached hydrogens (tertiary/aromatic N) is 1. The Hall–Kier alpha value is -0.540. The summed E-state index contributed by atoms with van der Waals surface area (Å²) >= 11 is 3.56. The molecule has 0 heterocycles. The molecule has 1 unspecified atom stereocenters. The summed E-state index contributed by atoms with van der Waals surface area (Å²) in [6.07, 6.45) is 3.71. The van der Waals surface area contributed by atoms with Crippen molar-refractivity contribution in [2.45, 2.75) is 52.6 Å². The van der Waals surface area contributed by atoms with E-state index in [1.165, 1.54) is 31.4 Å². The highest BCUT2D eigenvalue weighted by Gasteiger charge is 2.12. The zero-order valence-electron chi connectivity index (χ0n) is 12.6. The molecule has 0 aliphatic rings. The summed E-state index contributed by atoms with van der Waals surface area (Å²) in [6.45, 7) is 9.01. The van der Waals surface area contributed by atoms with E-state index in [1.54, 1.807) is 7.11 Å². The lowest BCUT2D eigenvalue weighted by molar-refractivity contribution is 0.192. The van der Waals surface area contributed by atoms with E-state index in [-0.39, 0.29) is 0 Å². The van der Waals surface area contributed by atoms with Crippen LogP contribution in [0.2, 0.25) is 0 Å². The van der Waals surface area contributed by atoms with Gasteiger partial charge in [-0.2, -0.15) is 0 Å². The first-order valence-corrected chi connectivity index (χ1v) is 7.98. The minimum absolute atomic E-state index is 0.632. The Morgan fingerprint density at radius 3 is 2.58 bits per heavy atom. The second kappa shape index (κ2) is 8.60. The largest absolute Gasteiger partial charge is 0.496 e. The average Bonchev–Trinajstić information content (AvgIpc) is 2.42. The van der Waals surface area contributed by atoms with Crippen molar-refractivity contribution in [3.63, 3.8) is 0 Å². The highest BCUT2D eigenvalue weighted by atomic mass is 79.9. The Kier molecular flexibility index (Phi) is 7.47. The fourth-order valence-electron chi connectivity index (χ4n) is 2.12. The zero-order valence-corrected chi connectivity index (χ0v) is 14.2. The van der Waals surface area contributed by atoms with Crippen molar-refractivity contribution >= 4 is 15.9 Å². The van der Waals surface area contributed by atoms with E-state index in [4.69, 9.17) is 4.74 Å². The molecule has 19 heavy (non-hydrogen) atoms. The molecule has 0 aliphatic carbocycles. The van der Waals surface area contributed by atoms with Crippen molar-refractivity contribution in [1.29, 1.82) is 0 Å². The van der Waals surface area contributed by atoms with Crippen molar-refractivity contribution in [1.82, 2.24) is 4.90 Å². The number of unbranched alkanes of at least 4 members (excludes halogenated alkanes) is 1. The highest BCUT2D eigenvalue weighted by Crippen LogP contribution is 2.26. The minimum atomic E-state index is 0.632. The van der Waals surface area contributed by atoms with E-state index < -0.39 is 0 Å². The van der Waals surface area contributed by atoms with Crippen LogP contribution in [-0.2, 0) is 6.54 Å². The van der Waals surface area contributed by atoms with E-state index in [0.29, 0.717) is 6.04 Å². The average molecular weight is 328 g/mol. The van der Waals surface area contributed by atoms with Crippen LogP contribution in [-0.4, -0.2) is 24.6 Å². The molecule has 0 N–H and O–H groups in total. The summed E-state index contributed by atoms with van der Waals surface area (Å²) in [5.74, 6) is 0.896. The van der Waals surface area contributed by atoms with Crippen LogP contribution >= 0.6 is 15.9 Å². The first kappa shape index (κ1) is 16.5. The van der Waals surface area contributed by atoms with Gasteiger partial charge in [-0.25, -0.2) is 0 Å². The molecule has 0 aromatic heterocycles. The summed E-state index contributed by atoms with van der Waals surface area (Å²) in [5, 5.41) is 0. The van der Waals surface area contributed by atoms with E-state index in [1.807, 2.05) is 6.07 Å². The minimum Gasteiger partial charge on any atom is -0.496 e. The van der Waals surface area contributed by atoms with E-state index in [2.05, 4.69) is 53.7 Å². The van der Waals surface area contributed by atoms with Crippen LogP contribution in [0.25, 0.3) is 0 Å². The lowest BCUT2D eigenvalue weighted by Crippen LogP contribution is -2.33. The van der Waals surface area contributed by atoms with Gasteiger partial charge in [-0.05, 0) is 59.9 Å². The smallest absolute Gasteiger partial charge is 0.133 e. The molecule has 2 nitrogen and oxygen atoms in total. The maximum Gasteiger partial charge on any atom is 0.133 e. The number of benzene rings is 1. The molecular weight excluding hydrogens is 302 g/mol. The third-order valence-electron chi connectivity index (χ3n) is 3.61. The number of halogens is 1. The van der Waals surface area contributed by atoms with Crippen molar-refractivity contribution in [3.05, 3.63) is 28.2 Å². The Balaban J connectivity index is 2.74. The summed E-state index contributed by atoms with van der Waals surface area (Å²) < 4.78 is 6.31. The molecule has 0 amide bonds. The van der Waals surface area contributed by atoms with Gasteiger partial charge in [-0.15, -0.1) is 0 Å². The van der Waals surface area contributed by atoms with Gasteiger partial charge < -0.3 is 4.74 Å².